The van der Waals surface area contributed by atoms with Crippen molar-refractivity contribution >= 4 is 36.8 Å². The zero-order valence-corrected chi connectivity index (χ0v) is 21.7. The first kappa shape index (κ1) is 24.8. The molecule has 0 bridgehead atoms. The highest BCUT2D eigenvalue weighted by molar-refractivity contribution is 7.90. The Balaban J connectivity index is 1.71. The molecule has 0 amide bonds. The summed E-state index contributed by atoms with van der Waals surface area (Å²) in [5.74, 6) is 0. The number of hydrogen-bond acceptors (Lipinski definition) is 3. The van der Waals surface area contributed by atoms with Crippen LogP contribution >= 0.6 is 16.1 Å². The van der Waals surface area contributed by atoms with Gasteiger partial charge in [0.15, 0.2) is 0 Å². The number of benzene rings is 4. The average molecular weight is 507 g/mol. The number of hydrogen-bond donors (Lipinski definition) is 0. The smallest absolute Gasteiger partial charge is 0.247 e. The van der Waals surface area contributed by atoms with Crippen LogP contribution in [-0.4, -0.2) is 27.0 Å². The lowest BCUT2D eigenvalue weighted by Gasteiger charge is -2.29. The predicted molar refractivity (Wildman–Crippen MR) is 146 cm³/mol. The molecule has 0 saturated heterocycles. The van der Waals surface area contributed by atoms with E-state index >= 15 is 0 Å². The zero-order chi connectivity index (χ0) is 23.8. The van der Waals surface area contributed by atoms with E-state index in [1.807, 2.05) is 48.5 Å². The Labute approximate surface area is 205 Å². The fourth-order valence-electron chi connectivity index (χ4n) is 4.00. The first-order chi connectivity index (χ1) is 16.5. The molecule has 0 heterocycles. The third-order valence-electron chi connectivity index (χ3n) is 5.43. The molecule has 0 aliphatic heterocycles. The molecule has 3 nitrogen and oxygen atoms in total. The summed E-state index contributed by atoms with van der Waals surface area (Å²) in [6.07, 6.45) is 2.68. The molecule has 0 aliphatic carbocycles. The molecule has 0 saturated carbocycles. The fraction of sp³-hybridized carbons (Fsp3) is 0.143. The Kier molecular flexibility index (Phi) is 8.64. The van der Waals surface area contributed by atoms with Gasteiger partial charge in [0.1, 0.15) is 0 Å². The second kappa shape index (κ2) is 11.9. The molecule has 6 heteroatoms. The normalized spacial score (nSPS) is 12.7. The van der Waals surface area contributed by atoms with Crippen LogP contribution < -0.4 is 10.6 Å². The van der Waals surface area contributed by atoms with Gasteiger partial charge in [-0.3, -0.25) is 0 Å². The summed E-state index contributed by atoms with van der Waals surface area (Å²) in [5, 5.41) is 2.57. The van der Waals surface area contributed by atoms with Gasteiger partial charge in [0.05, 0.1) is 20.1 Å². The Hall–Kier alpha value is -2.35. The summed E-state index contributed by atoms with van der Waals surface area (Å²) in [4.78, 5) is 0. The first-order valence-corrected chi connectivity index (χ1v) is 16.0. The largest absolute Gasteiger partial charge is 0.267 e. The van der Waals surface area contributed by atoms with E-state index in [1.54, 1.807) is 0 Å². The highest BCUT2D eigenvalue weighted by Crippen LogP contribution is 2.57. The molecule has 0 radical (unpaired) electrons. The van der Waals surface area contributed by atoms with Crippen molar-refractivity contribution in [1.82, 2.24) is 0 Å². The summed E-state index contributed by atoms with van der Waals surface area (Å²) in [6.45, 7) is 0. The molecule has 0 aliphatic rings. The van der Waals surface area contributed by atoms with Crippen molar-refractivity contribution in [3.05, 3.63) is 132 Å². The van der Waals surface area contributed by atoms with Crippen molar-refractivity contribution in [2.45, 2.75) is 5.66 Å². The summed E-state index contributed by atoms with van der Waals surface area (Å²) in [7, 11) is -5.62. The van der Waals surface area contributed by atoms with Crippen molar-refractivity contribution in [3.63, 3.8) is 0 Å². The van der Waals surface area contributed by atoms with Crippen LogP contribution in [0.2, 0.25) is 0 Å². The minimum atomic E-state index is -3.63. The molecule has 4 aromatic rings. The van der Waals surface area contributed by atoms with Gasteiger partial charge in [-0.25, -0.2) is 3.97 Å². The molecule has 174 valence electrons. The third kappa shape index (κ3) is 6.84. The van der Waals surface area contributed by atoms with Crippen LogP contribution in [0.25, 0.3) is 0 Å². The van der Waals surface area contributed by atoms with Gasteiger partial charge in [-0.15, -0.1) is 0 Å². The Morgan fingerprint density at radius 2 is 1.00 bits per heavy atom. The van der Waals surface area contributed by atoms with E-state index in [0.717, 1.165) is 23.5 Å². The Morgan fingerprint density at radius 3 is 1.38 bits per heavy atom. The maximum atomic E-state index is 12.4. The van der Waals surface area contributed by atoms with Crippen LogP contribution in [0.1, 0.15) is 16.8 Å². The van der Waals surface area contributed by atoms with Crippen molar-refractivity contribution in [2.24, 2.45) is 0 Å². The van der Waals surface area contributed by atoms with E-state index in [9.17, 15) is 8.42 Å². The van der Waals surface area contributed by atoms with Gasteiger partial charge >= 0.3 is 0 Å². The second-order valence-corrected chi connectivity index (χ2v) is 14.1. The number of rotatable bonds is 10. The molecule has 1 atom stereocenters. The molecular formula is C28H28O3P2S. The lowest BCUT2D eigenvalue weighted by molar-refractivity contribution is 0.513. The molecular weight excluding hydrogens is 478 g/mol. The van der Waals surface area contributed by atoms with Gasteiger partial charge < -0.3 is 0 Å². The van der Waals surface area contributed by atoms with Crippen molar-refractivity contribution in [1.29, 1.82) is 0 Å². The summed E-state index contributed by atoms with van der Waals surface area (Å²) < 4.78 is 30.7. The Bertz CT molecular complexity index is 1170. The van der Waals surface area contributed by atoms with Gasteiger partial charge in [-0.05, 0) is 42.0 Å². The van der Waals surface area contributed by atoms with Crippen LogP contribution in [0.3, 0.4) is 0 Å². The van der Waals surface area contributed by atoms with E-state index in [2.05, 4.69) is 72.8 Å². The van der Waals surface area contributed by atoms with Gasteiger partial charge in [0.2, 0.25) is 0 Å². The topological polar surface area (TPSA) is 43.4 Å². The summed E-state index contributed by atoms with van der Waals surface area (Å²) >= 11 is 0. The predicted octanol–water partition coefficient (Wildman–Crippen LogP) is 6.28. The third-order valence-corrected chi connectivity index (χ3v) is 12.0. The quantitative estimate of drug-likeness (QED) is 0.238. The van der Waals surface area contributed by atoms with Crippen LogP contribution in [0, 0.1) is 0 Å². The van der Waals surface area contributed by atoms with Crippen LogP contribution in [0.15, 0.2) is 121 Å². The standard InChI is InChI=1S/C28H28O3P2S/c1-34(29,30)31-33(28(24-14-6-2-7-15-24)25-16-8-3-9-17-25)23-22-32(26-18-10-4-11-19-26)27-20-12-5-13-21-27/h2-21,28H,22-23H2,1H3. The summed E-state index contributed by atoms with van der Waals surface area (Å²) in [6, 6.07) is 41.2. The second-order valence-electron chi connectivity index (χ2n) is 7.97. The Morgan fingerprint density at radius 1 is 0.618 bits per heavy atom. The van der Waals surface area contributed by atoms with Crippen molar-refractivity contribution in [3.8, 4) is 0 Å². The van der Waals surface area contributed by atoms with E-state index < -0.39 is 26.2 Å². The van der Waals surface area contributed by atoms with E-state index in [4.69, 9.17) is 3.97 Å². The minimum Gasteiger partial charge on any atom is -0.247 e. The summed E-state index contributed by atoms with van der Waals surface area (Å²) in [5.41, 5.74) is 2.02. The molecule has 4 rings (SSSR count). The zero-order valence-electron chi connectivity index (χ0n) is 19.1. The van der Waals surface area contributed by atoms with Crippen molar-refractivity contribution in [2.75, 3.05) is 18.6 Å². The maximum Gasteiger partial charge on any atom is 0.267 e. The molecule has 0 spiro atoms. The minimum absolute atomic E-state index is 0.129. The van der Waals surface area contributed by atoms with Crippen LogP contribution in [0.4, 0.5) is 0 Å². The monoisotopic (exact) mass is 506 g/mol. The van der Waals surface area contributed by atoms with E-state index in [1.165, 1.54) is 10.6 Å². The van der Waals surface area contributed by atoms with Gasteiger partial charge in [-0.1, -0.05) is 121 Å². The van der Waals surface area contributed by atoms with Crippen LogP contribution in [-0.2, 0) is 14.1 Å². The van der Waals surface area contributed by atoms with E-state index in [-0.39, 0.29) is 5.66 Å². The lowest BCUT2D eigenvalue weighted by atomic mass is 10.0. The maximum absolute atomic E-state index is 12.4. The highest BCUT2D eigenvalue weighted by atomic mass is 32.2. The van der Waals surface area contributed by atoms with Crippen molar-refractivity contribution < 1.29 is 12.4 Å². The van der Waals surface area contributed by atoms with Gasteiger partial charge in [0.25, 0.3) is 10.1 Å². The van der Waals surface area contributed by atoms with Crippen LogP contribution in [0.5, 0.6) is 0 Å². The molecule has 0 N–H and O–H groups in total. The molecule has 4 aromatic carbocycles. The van der Waals surface area contributed by atoms with Gasteiger partial charge in [0, 0.05) is 0 Å². The SMILES string of the molecule is CS(=O)(=O)OP(CCP(c1ccccc1)c1ccccc1)C(c1ccccc1)c1ccccc1. The fourth-order valence-corrected chi connectivity index (χ4v) is 10.8. The molecule has 1 unspecified atom stereocenters. The van der Waals surface area contributed by atoms with Gasteiger partial charge in [-0.2, -0.15) is 8.42 Å². The molecule has 0 aromatic heterocycles. The first-order valence-electron chi connectivity index (χ1n) is 11.1. The molecule has 0 fully saturated rings. The molecule has 34 heavy (non-hydrogen) atoms. The average Bonchev–Trinajstić information content (AvgIpc) is 2.86. The van der Waals surface area contributed by atoms with E-state index in [0.29, 0.717) is 6.16 Å². The lowest BCUT2D eigenvalue weighted by Crippen LogP contribution is -2.17. The highest BCUT2D eigenvalue weighted by Gasteiger charge is 2.30.